The van der Waals surface area contributed by atoms with Gasteiger partial charge in [-0.2, -0.15) is 4.98 Å². The molecule has 0 saturated carbocycles. The van der Waals surface area contributed by atoms with E-state index in [1.54, 1.807) is 13.8 Å². The third-order valence-corrected chi connectivity index (χ3v) is 5.41. The van der Waals surface area contributed by atoms with Gasteiger partial charge in [0.05, 0.1) is 0 Å². The molecule has 0 amide bonds. The molecule has 3 rings (SSSR count). The molecule has 5 atom stereocenters. The number of aromatic nitrogens is 3. The highest BCUT2D eigenvalue weighted by Gasteiger charge is 2.46. The normalized spacial score (nSPS) is 26.1. The van der Waals surface area contributed by atoms with Gasteiger partial charge in [-0.3, -0.25) is 23.9 Å². The molecule has 154 valence electrons. The van der Waals surface area contributed by atoms with Gasteiger partial charge in [-0.05, 0) is 5.92 Å². The average Bonchev–Trinajstić information content (AvgIpc) is 3.09. The highest BCUT2D eigenvalue weighted by Crippen LogP contribution is 2.31. The van der Waals surface area contributed by atoms with E-state index in [1.165, 1.54) is 0 Å². The molecule has 28 heavy (non-hydrogen) atoms. The number of aliphatic hydroxyl groups is 2. The zero-order valence-electron chi connectivity index (χ0n) is 15.1. The van der Waals surface area contributed by atoms with Crippen LogP contribution in [0, 0.1) is 5.92 Å². The van der Waals surface area contributed by atoms with E-state index in [-0.39, 0.29) is 28.8 Å². The van der Waals surface area contributed by atoms with Crippen LogP contribution in [-0.2, 0) is 14.3 Å². The van der Waals surface area contributed by atoms with Gasteiger partial charge in [-0.1, -0.05) is 25.2 Å². The number of aromatic amines is 1. The molecule has 2 aromatic rings. The zero-order valence-corrected chi connectivity index (χ0v) is 15.9. The predicted octanol–water partition coefficient (Wildman–Crippen LogP) is -2.13. The first-order valence-electron chi connectivity index (χ1n) is 8.46. The molecular weight excluding hydrogens is 394 g/mol. The number of carbonyl (C=O) groups excluding carboxylic acids is 1. The number of nitrogens with zero attached hydrogens (tertiary/aromatic N) is 2. The summed E-state index contributed by atoms with van der Waals surface area (Å²) in [6.07, 6.45) is -5.42. The van der Waals surface area contributed by atoms with Gasteiger partial charge in [-0.25, -0.2) is 0 Å². The number of anilines is 1. The number of ether oxygens (including phenoxy) is 2. The number of nitrogens with two attached hydrogens (primary N) is 2. The predicted molar refractivity (Wildman–Crippen MR) is 98.6 cm³/mol. The Morgan fingerprint density at radius 3 is 2.71 bits per heavy atom. The number of nitrogen functional groups attached to an aromatic ring is 1. The van der Waals surface area contributed by atoms with Gasteiger partial charge in [-0.15, -0.1) is 0 Å². The van der Waals surface area contributed by atoms with Crippen molar-refractivity contribution in [3.63, 3.8) is 0 Å². The Labute approximate surface area is 161 Å². The number of rotatable bonds is 5. The smallest absolute Gasteiger partial charge is 0.323 e. The fourth-order valence-corrected chi connectivity index (χ4v) is 3.63. The topological polar surface area (TPSA) is 196 Å². The molecule has 0 bridgehead atoms. The fraction of sp³-hybridized carbons (Fsp3) is 0.600. The molecule has 13 heteroatoms. The van der Waals surface area contributed by atoms with Gasteiger partial charge in [0.25, 0.3) is 5.56 Å². The van der Waals surface area contributed by atoms with Crippen molar-refractivity contribution in [3.8, 4) is 0 Å². The Morgan fingerprint density at radius 2 is 2.07 bits per heavy atom. The summed E-state index contributed by atoms with van der Waals surface area (Å²) in [6, 6.07) is -0.846. The summed E-state index contributed by atoms with van der Waals surface area (Å²) in [5, 5.41) is 20.6. The Balaban J connectivity index is 1.85. The van der Waals surface area contributed by atoms with Gasteiger partial charge >= 0.3 is 10.8 Å². The maximum Gasteiger partial charge on any atom is 0.323 e. The molecule has 1 saturated heterocycles. The number of hydrogen-bond acceptors (Lipinski definition) is 11. The molecule has 1 aliphatic heterocycles. The highest BCUT2D eigenvalue weighted by molar-refractivity contribution is 7.16. The molecule has 7 N–H and O–H groups in total. The van der Waals surface area contributed by atoms with Crippen LogP contribution in [0.5, 0.6) is 0 Å². The van der Waals surface area contributed by atoms with Crippen molar-refractivity contribution in [2.24, 2.45) is 11.7 Å². The summed E-state index contributed by atoms with van der Waals surface area (Å²) in [6.45, 7) is 3.13. The van der Waals surface area contributed by atoms with Crippen LogP contribution in [0.25, 0.3) is 10.3 Å². The Morgan fingerprint density at radius 1 is 1.39 bits per heavy atom. The molecular formula is C15H21N5O7S. The number of nitrogens with one attached hydrogen (secondary N) is 1. The number of aliphatic hydroxyl groups excluding tert-OH is 2. The summed E-state index contributed by atoms with van der Waals surface area (Å²) >= 11 is 0.602. The van der Waals surface area contributed by atoms with E-state index in [9.17, 15) is 24.6 Å². The number of fused-ring (bicyclic) bond motifs is 1. The number of H-pyrrole nitrogens is 1. The van der Waals surface area contributed by atoms with Crippen LogP contribution in [0.15, 0.2) is 9.59 Å². The Kier molecular flexibility index (Phi) is 5.54. The maximum atomic E-state index is 12.4. The van der Waals surface area contributed by atoms with Crippen LogP contribution in [0.3, 0.4) is 0 Å². The molecule has 0 radical (unpaired) electrons. The third kappa shape index (κ3) is 3.54. The lowest BCUT2D eigenvalue weighted by molar-refractivity contribution is -0.152. The lowest BCUT2D eigenvalue weighted by Crippen LogP contribution is -2.40. The monoisotopic (exact) mass is 415 g/mol. The minimum Gasteiger partial charge on any atom is -0.462 e. The number of esters is 1. The highest BCUT2D eigenvalue weighted by atomic mass is 32.1. The SMILES string of the molecule is CC(C)[C@H](N)C(=O)OC[C@H]1OC(n2c(=O)sc3c(=O)[nH]c(N)nc32)[C@H](O)[C@@H]1O. The van der Waals surface area contributed by atoms with Crippen LogP contribution in [-0.4, -0.2) is 61.7 Å². The van der Waals surface area contributed by atoms with Gasteiger partial charge < -0.3 is 31.2 Å². The summed E-state index contributed by atoms with van der Waals surface area (Å²) in [7, 11) is 0. The van der Waals surface area contributed by atoms with Crippen LogP contribution in [0.1, 0.15) is 20.1 Å². The molecule has 1 unspecified atom stereocenters. The van der Waals surface area contributed by atoms with Gasteiger partial charge in [0.15, 0.2) is 11.9 Å². The molecule has 0 spiro atoms. The molecule has 1 fully saturated rings. The Hall–Kier alpha value is -2.32. The lowest BCUT2D eigenvalue weighted by atomic mass is 10.1. The van der Waals surface area contributed by atoms with Crippen LogP contribution < -0.4 is 21.9 Å². The third-order valence-electron chi connectivity index (χ3n) is 4.46. The summed E-state index contributed by atoms with van der Waals surface area (Å²) in [4.78, 5) is 41.7. The fourth-order valence-electron chi connectivity index (χ4n) is 2.78. The standard InChI is InChI=1S/C15H21N5O7S/c1-4(2)6(16)13(24)26-3-5-7(21)8(22)12(27-5)20-10-9(28-15(20)25)11(23)19-14(17)18-10/h4-8,12,21-22H,3,16H2,1-2H3,(H3,17,18,19,23)/t5-,6+,7-,8-,12?/m1/s1. The number of carbonyl (C=O) groups is 1. The molecule has 3 heterocycles. The zero-order chi connectivity index (χ0) is 20.7. The first-order valence-corrected chi connectivity index (χ1v) is 9.28. The van der Waals surface area contributed by atoms with Gasteiger partial charge in [0, 0.05) is 0 Å². The average molecular weight is 415 g/mol. The second-order valence-electron chi connectivity index (χ2n) is 6.79. The van der Waals surface area contributed by atoms with Crippen LogP contribution in [0.2, 0.25) is 0 Å². The molecule has 1 aliphatic rings. The second-order valence-corrected chi connectivity index (χ2v) is 7.75. The van der Waals surface area contributed by atoms with Gasteiger partial charge in [0.2, 0.25) is 5.95 Å². The van der Waals surface area contributed by atoms with Crippen LogP contribution in [0.4, 0.5) is 5.95 Å². The van der Waals surface area contributed by atoms with E-state index < -0.39 is 47.0 Å². The van der Waals surface area contributed by atoms with Crippen molar-refractivity contribution in [3.05, 3.63) is 20.0 Å². The summed E-state index contributed by atoms with van der Waals surface area (Å²) in [5.74, 6) is -1.04. The van der Waals surface area contributed by atoms with E-state index in [1.807, 2.05) is 0 Å². The van der Waals surface area contributed by atoms with E-state index in [2.05, 4.69) is 9.97 Å². The minimum absolute atomic E-state index is 0.00211. The molecule has 2 aromatic heterocycles. The Bertz CT molecular complexity index is 999. The van der Waals surface area contributed by atoms with Crippen molar-refractivity contribution >= 4 is 33.6 Å². The van der Waals surface area contributed by atoms with Gasteiger partial charge in [0.1, 0.15) is 35.7 Å². The van der Waals surface area contributed by atoms with E-state index >= 15 is 0 Å². The van der Waals surface area contributed by atoms with E-state index in [4.69, 9.17) is 20.9 Å². The summed E-state index contributed by atoms with van der Waals surface area (Å²) < 4.78 is 11.5. The minimum atomic E-state index is -1.53. The van der Waals surface area contributed by atoms with E-state index in [0.29, 0.717) is 11.3 Å². The molecule has 12 nitrogen and oxygen atoms in total. The van der Waals surface area contributed by atoms with Crippen molar-refractivity contribution in [2.75, 3.05) is 12.3 Å². The first-order chi connectivity index (χ1) is 13.1. The lowest BCUT2D eigenvalue weighted by Gasteiger charge is -2.18. The first kappa shape index (κ1) is 20.4. The maximum absolute atomic E-state index is 12.4. The quantitative estimate of drug-likeness (QED) is 0.337. The van der Waals surface area contributed by atoms with Crippen molar-refractivity contribution in [1.29, 1.82) is 0 Å². The second kappa shape index (κ2) is 7.60. The van der Waals surface area contributed by atoms with Crippen molar-refractivity contribution in [1.82, 2.24) is 14.5 Å². The van der Waals surface area contributed by atoms with E-state index in [0.717, 1.165) is 4.57 Å². The number of hydrogen-bond donors (Lipinski definition) is 5. The van der Waals surface area contributed by atoms with Crippen molar-refractivity contribution in [2.45, 2.75) is 44.4 Å². The van der Waals surface area contributed by atoms with Crippen molar-refractivity contribution < 1.29 is 24.5 Å². The molecule has 0 aliphatic carbocycles. The largest absolute Gasteiger partial charge is 0.462 e. The summed E-state index contributed by atoms with van der Waals surface area (Å²) in [5.41, 5.74) is 10.5. The van der Waals surface area contributed by atoms with Crippen LogP contribution >= 0.6 is 11.3 Å². The number of thiazole rings is 1. The molecule has 0 aromatic carbocycles.